The van der Waals surface area contributed by atoms with E-state index in [0.717, 1.165) is 12.8 Å². The molecule has 0 unspecified atom stereocenters. The lowest BCUT2D eigenvalue weighted by molar-refractivity contribution is 0.0678. The summed E-state index contributed by atoms with van der Waals surface area (Å²) in [6.07, 6.45) is 1.78. The third kappa shape index (κ3) is 1.21. The topological polar surface area (TPSA) is 55.1 Å². The fraction of sp³-hybridized carbons (Fsp3) is 0.273. The lowest BCUT2D eigenvalue weighted by Gasteiger charge is -2.04. The molecular weight excluding hydrogens is 211 g/mol. The van der Waals surface area contributed by atoms with Crippen molar-refractivity contribution >= 4 is 17.0 Å². The Morgan fingerprint density at radius 3 is 2.88 bits per heavy atom. The highest BCUT2D eigenvalue weighted by Crippen LogP contribution is 2.39. The van der Waals surface area contributed by atoms with E-state index in [4.69, 9.17) is 5.11 Å². The van der Waals surface area contributed by atoms with Gasteiger partial charge in [0.05, 0.1) is 5.52 Å². The molecule has 0 aliphatic heterocycles. The van der Waals surface area contributed by atoms with E-state index in [0.29, 0.717) is 11.0 Å². The van der Waals surface area contributed by atoms with Crippen LogP contribution in [-0.4, -0.2) is 20.6 Å². The molecule has 5 heteroatoms. The Morgan fingerprint density at radius 2 is 2.25 bits per heavy atom. The Bertz CT molecular complexity index is 587. The zero-order valence-electron chi connectivity index (χ0n) is 8.35. The van der Waals surface area contributed by atoms with Crippen molar-refractivity contribution in [3.63, 3.8) is 0 Å². The smallest absolute Gasteiger partial charge is 0.372 e. The standard InChI is InChI=1S/C11H9FN2O2/c12-7-2-1-3-8-9(7)14(6-4-5-6)10(13-8)11(15)16/h1-3,6H,4-5H2,(H,15,16). The maximum atomic E-state index is 13.7. The lowest BCUT2D eigenvalue weighted by atomic mass is 10.3. The molecule has 0 radical (unpaired) electrons. The average Bonchev–Trinajstić information content (AvgIpc) is 2.99. The first-order valence-electron chi connectivity index (χ1n) is 5.08. The Labute approximate surface area is 90.3 Å². The van der Waals surface area contributed by atoms with E-state index in [-0.39, 0.29) is 11.9 Å². The molecule has 3 rings (SSSR count). The van der Waals surface area contributed by atoms with Gasteiger partial charge in [0, 0.05) is 6.04 Å². The third-order valence-electron chi connectivity index (χ3n) is 2.76. The van der Waals surface area contributed by atoms with E-state index in [1.165, 1.54) is 16.7 Å². The van der Waals surface area contributed by atoms with Crippen molar-refractivity contribution in [1.29, 1.82) is 0 Å². The maximum absolute atomic E-state index is 13.7. The van der Waals surface area contributed by atoms with Gasteiger partial charge in [-0.15, -0.1) is 0 Å². The molecule has 1 aliphatic carbocycles. The summed E-state index contributed by atoms with van der Waals surface area (Å²) in [5.74, 6) is -1.59. The summed E-state index contributed by atoms with van der Waals surface area (Å²) in [5, 5.41) is 9.03. The molecule has 2 aromatic rings. The van der Waals surface area contributed by atoms with Crippen molar-refractivity contribution in [2.45, 2.75) is 18.9 Å². The number of nitrogens with zero attached hydrogens (tertiary/aromatic N) is 2. The molecule has 1 aromatic heterocycles. The van der Waals surface area contributed by atoms with E-state index in [1.54, 1.807) is 6.07 Å². The van der Waals surface area contributed by atoms with E-state index in [2.05, 4.69) is 4.98 Å². The van der Waals surface area contributed by atoms with Gasteiger partial charge in [-0.2, -0.15) is 0 Å². The zero-order chi connectivity index (χ0) is 11.3. The van der Waals surface area contributed by atoms with Crippen LogP contribution >= 0.6 is 0 Å². The fourth-order valence-corrected chi connectivity index (χ4v) is 1.95. The summed E-state index contributed by atoms with van der Waals surface area (Å²) in [7, 11) is 0. The molecule has 1 N–H and O–H groups in total. The Balaban J connectivity index is 2.38. The molecular formula is C11H9FN2O2. The van der Waals surface area contributed by atoms with E-state index >= 15 is 0 Å². The van der Waals surface area contributed by atoms with Crippen LogP contribution in [0.3, 0.4) is 0 Å². The average molecular weight is 220 g/mol. The van der Waals surface area contributed by atoms with Crippen LogP contribution < -0.4 is 0 Å². The normalized spacial score (nSPS) is 15.6. The Morgan fingerprint density at radius 1 is 1.50 bits per heavy atom. The number of carboxylic acids is 1. The molecule has 0 atom stereocenters. The van der Waals surface area contributed by atoms with Gasteiger partial charge in [0.2, 0.25) is 5.82 Å². The first-order valence-corrected chi connectivity index (χ1v) is 5.08. The van der Waals surface area contributed by atoms with Gasteiger partial charge in [-0.05, 0) is 25.0 Å². The van der Waals surface area contributed by atoms with Gasteiger partial charge in [-0.3, -0.25) is 0 Å². The van der Waals surface area contributed by atoms with Crippen LogP contribution in [-0.2, 0) is 0 Å². The molecule has 0 spiro atoms. The minimum absolute atomic E-state index is 0.0670. The molecule has 4 nitrogen and oxygen atoms in total. The highest BCUT2D eigenvalue weighted by Gasteiger charge is 2.31. The van der Waals surface area contributed by atoms with Crippen LogP contribution in [0.5, 0.6) is 0 Å². The summed E-state index contributed by atoms with van der Waals surface area (Å²) >= 11 is 0. The van der Waals surface area contributed by atoms with Gasteiger partial charge in [0.15, 0.2) is 0 Å². The first kappa shape index (κ1) is 9.33. The molecule has 1 fully saturated rings. The minimum atomic E-state index is -1.11. The number of aromatic carboxylic acids is 1. The number of halogens is 1. The molecule has 82 valence electrons. The minimum Gasteiger partial charge on any atom is -0.475 e. The van der Waals surface area contributed by atoms with Crippen molar-refractivity contribution in [3.05, 3.63) is 29.8 Å². The summed E-state index contributed by atoms with van der Waals surface area (Å²) < 4.78 is 15.2. The number of imidazole rings is 1. The third-order valence-corrected chi connectivity index (χ3v) is 2.76. The summed E-state index contributed by atoms with van der Waals surface area (Å²) in [6, 6.07) is 4.58. The van der Waals surface area contributed by atoms with Crippen molar-refractivity contribution in [3.8, 4) is 0 Å². The van der Waals surface area contributed by atoms with Gasteiger partial charge >= 0.3 is 5.97 Å². The molecule has 0 amide bonds. The van der Waals surface area contributed by atoms with Crippen molar-refractivity contribution in [1.82, 2.24) is 9.55 Å². The molecule has 0 bridgehead atoms. The van der Waals surface area contributed by atoms with E-state index < -0.39 is 11.8 Å². The summed E-state index contributed by atoms with van der Waals surface area (Å²) in [4.78, 5) is 15.0. The van der Waals surface area contributed by atoms with Crippen molar-refractivity contribution < 1.29 is 14.3 Å². The van der Waals surface area contributed by atoms with Crippen molar-refractivity contribution in [2.75, 3.05) is 0 Å². The van der Waals surface area contributed by atoms with Crippen molar-refractivity contribution in [2.24, 2.45) is 0 Å². The highest BCUT2D eigenvalue weighted by molar-refractivity contribution is 5.90. The molecule has 16 heavy (non-hydrogen) atoms. The SMILES string of the molecule is O=C(O)c1nc2cccc(F)c2n1C1CC1. The lowest BCUT2D eigenvalue weighted by Crippen LogP contribution is -2.08. The molecule has 1 aliphatic rings. The fourth-order valence-electron chi connectivity index (χ4n) is 1.95. The number of rotatable bonds is 2. The monoisotopic (exact) mass is 220 g/mol. The van der Waals surface area contributed by atoms with Crippen LogP contribution in [0, 0.1) is 5.82 Å². The van der Waals surface area contributed by atoms with Crippen LogP contribution in [0.15, 0.2) is 18.2 Å². The Kier molecular flexibility index (Phi) is 1.77. The number of aromatic nitrogens is 2. The summed E-state index contributed by atoms with van der Waals surface area (Å²) in [5.41, 5.74) is 0.715. The number of benzene rings is 1. The molecule has 1 aromatic carbocycles. The maximum Gasteiger partial charge on any atom is 0.372 e. The number of fused-ring (bicyclic) bond motifs is 1. The second kappa shape index (κ2) is 3.04. The summed E-state index contributed by atoms with van der Waals surface area (Å²) in [6.45, 7) is 0. The predicted octanol–water partition coefficient (Wildman–Crippen LogP) is 2.21. The van der Waals surface area contributed by atoms with Crippen LogP contribution in [0.1, 0.15) is 29.5 Å². The zero-order valence-corrected chi connectivity index (χ0v) is 8.35. The highest BCUT2D eigenvalue weighted by atomic mass is 19.1. The van der Waals surface area contributed by atoms with Crippen LogP contribution in [0.25, 0.3) is 11.0 Å². The number of carboxylic acid groups (broad SMARTS) is 1. The number of carbonyl (C=O) groups is 1. The Hall–Kier alpha value is -1.91. The van der Waals surface area contributed by atoms with Gasteiger partial charge < -0.3 is 9.67 Å². The number of para-hydroxylation sites is 1. The molecule has 0 saturated heterocycles. The van der Waals surface area contributed by atoms with Gasteiger partial charge in [-0.25, -0.2) is 14.2 Å². The number of hydrogen-bond acceptors (Lipinski definition) is 2. The van der Waals surface area contributed by atoms with E-state index in [1.807, 2.05) is 0 Å². The predicted molar refractivity (Wildman–Crippen MR) is 54.9 cm³/mol. The second-order valence-corrected chi connectivity index (χ2v) is 3.95. The second-order valence-electron chi connectivity index (χ2n) is 3.95. The van der Waals surface area contributed by atoms with Crippen LogP contribution in [0.4, 0.5) is 4.39 Å². The first-order chi connectivity index (χ1) is 7.68. The molecule has 1 saturated carbocycles. The van der Waals surface area contributed by atoms with Gasteiger partial charge in [0.1, 0.15) is 11.3 Å². The largest absolute Gasteiger partial charge is 0.475 e. The molecule has 1 heterocycles. The van der Waals surface area contributed by atoms with Crippen LogP contribution in [0.2, 0.25) is 0 Å². The van der Waals surface area contributed by atoms with Gasteiger partial charge in [0.25, 0.3) is 0 Å². The quantitative estimate of drug-likeness (QED) is 0.844. The van der Waals surface area contributed by atoms with Gasteiger partial charge in [-0.1, -0.05) is 6.07 Å². The number of hydrogen-bond donors (Lipinski definition) is 1. The van der Waals surface area contributed by atoms with E-state index in [9.17, 15) is 9.18 Å².